The number of benzene rings is 1. The van der Waals surface area contributed by atoms with E-state index in [1.54, 1.807) is 6.07 Å². The van der Waals surface area contributed by atoms with Crippen LogP contribution < -0.4 is 10.9 Å². The van der Waals surface area contributed by atoms with Crippen LogP contribution in [0.3, 0.4) is 0 Å². The smallest absolute Gasteiger partial charge is 0.258 e. The van der Waals surface area contributed by atoms with E-state index in [0.29, 0.717) is 23.8 Å². The lowest BCUT2D eigenvalue weighted by Crippen LogP contribution is -2.28. The fourth-order valence-electron chi connectivity index (χ4n) is 2.00. The van der Waals surface area contributed by atoms with E-state index in [0.717, 1.165) is 23.4 Å². The van der Waals surface area contributed by atoms with Gasteiger partial charge in [-0.15, -0.1) is 0 Å². The Morgan fingerprint density at radius 1 is 1.40 bits per heavy atom. The van der Waals surface area contributed by atoms with Gasteiger partial charge in [0.05, 0.1) is 17.4 Å². The molecule has 5 heteroatoms. The molecule has 0 aliphatic carbocycles. The average molecular weight is 291 g/mol. The first-order valence-electron chi connectivity index (χ1n) is 6.99. The number of hydrogen-bond acceptors (Lipinski definition) is 4. The first kappa shape index (κ1) is 15.1. The minimum atomic E-state index is -0.0680. The molecule has 0 aliphatic rings. The predicted molar refractivity (Wildman–Crippen MR) is 86.3 cm³/mol. The summed E-state index contributed by atoms with van der Waals surface area (Å²) in [6.45, 7) is 4.93. The van der Waals surface area contributed by atoms with E-state index in [1.807, 2.05) is 30.0 Å². The summed E-state index contributed by atoms with van der Waals surface area (Å²) in [5, 5.41) is 4.05. The molecule has 108 valence electrons. The zero-order valence-electron chi connectivity index (χ0n) is 12.0. The van der Waals surface area contributed by atoms with Crippen molar-refractivity contribution >= 4 is 22.7 Å². The van der Waals surface area contributed by atoms with Crippen LogP contribution in [0.1, 0.15) is 26.1 Å². The van der Waals surface area contributed by atoms with Gasteiger partial charge in [-0.05, 0) is 37.0 Å². The van der Waals surface area contributed by atoms with E-state index < -0.39 is 0 Å². The minimum absolute atomic E-state index is 0.0680. The third-order valence-electron chi connectivity index (χ3n) is 3.18. The molecular formula is C15H21N3OS. The Morgan fingerprint density at radius 3 is 3.00 bits per heavy atom. The molecule has 0 aliphatic heterocycles. The number of hydrogen-bond donors (Lipinski definition) is 2. The van der Waals surface area contributed by atoms with Gasteiger partial charge in [0.1, 0.15) is 5.82 Å². The molecule has 0 radical (unpaired) electrons. The molecule has 1 aromatic carbocycles. The van der Waals surface area contributed by atoms with Crippen LogP contribution in [-0.4, -0.2) is 27.5 Å². The van der Waals surface area contributed by atoms with Crippen LogP contribution in [0.5, 0.6) is 0 Å². The Morgan fingerprint density at radius 2 is 2.20 bits per heavy atom. The van der Waals surface area contributed by atoms with E-state index in [9.17, 15) is 4.79 Å². The van der Waals surface area contributed by atoms with Crippen LogP contribution in [0.25, 0.3) is 10.9 Å². The summed E-state index contributed by atoms with van der Waals surface area (Å²) in [4.78, 5) is 19.2. The Hall–Kier alpha value is -1.33. The van der Waals surface area contributed by atoms with Crippen molar-refractivity contribution in [3.8, 4) is 0 Å². The number of para-hydroxylation sites is 1. The molecule has 0 bridgehead atoms. The summed E-state index contributed by atoms with van der Waals surface area (Å²) >= 11 is 1.95. The highest BCUT2D eigenvalue weighted by Gasteiger charge is 2.05. The van der Waals surface area contributed by atoms with E-state index in [-0.39, 0.29) is 5.56 Å². The van der Waals surface area contributed by atoms with E-state index in [1.165, 1.54) is 0 Å². The molecule has 0 saturated carbocycles. The molecule has 0 spiro atoms. The van der Waals surface area contributed by atoms with Gasteiger partial charge in [-0.3, -0.25) is 4.79 Å². The summed E-state index contributed by atoms with van der Waals surface area (Å²) < 4.78 is 0. The van der Waals surface area contributed by atoms with Gasteiger partial charge in [0, 0.05) is 6.04 Å². The van der Waals surface area contributed by atoms with Crippen molar-refractivity contribution in [1.82, 2.24) is 15.3 Å². The van der Waals surface area contributed by atoms with Crippen molar-refractivity contribution in [2.24, 2.45) is 0 Å². The second-order valence-corrected chi connectivity index (χ2v) is 6.19. The van der Waals surface area contributed by atoms with Gasteiger partial charge in [0.15, 0.2) is 0 Å². The van der Waals surface area contributed by atoms with Gasteiger partial charge in [0.25, 0.3) is 5.56 Å². The maximum absolute atomic E-state index is 11.9. The normalized spacial score (nSPS) is 12.7. The van der Waals surface area contributed by atoms with Gasteiger partial charge in [0.2, 0.25) is 0 Å². The lowest BCUT2D eigenvalue weighted by molar-refractivity contribution is 0.526. The SMILES string of the molecule is CCSCCC(C)NCc1nc2ccccc2c(=O)[nH]1. The van der Waals surface area contributed by atoms with Gasteiger partial charge in [-0.2, -0.15) is 11.8 Å². The largest absolute Gasteiger partial charge is 0.309 e. The summed E-state index contributed by atoms with van der Waals surface area (Å²) in [6.07, 6.45) is 1.12. The van der Waals surface area contributed by atoms with Gasteiger partial charge in [-0.25, -0.2) is 4.98 Å². The monoisotopic (exact) mass is 291 g/mol. The Bertz CT molecular complexity index is 611. The molecule has 20 heavy (non-hydrogen) atoms. The maximum atomic E-state index is 11.9. The number of H-pyrrole nitrogens is 1. The number of aromatic nitrogens is 2. The highest BCUT2D eigenvalue weighted by Crippen LogP contribution is 2.06. The van der Waals surface area contributed by atoms with Crippen molar-refractivity contribution in [1.29, 1.82) is 0 Å². The van der Waals surface area contributed by atoms with Crippen LogP contribution in [0.15, 0.2) is 29.1 Å². The van der Waals surface area contributed by atoms with Gasteiger partial charge in [-0.1, -0.05) is 19.1 Å². The van der Waals surface area contributed by atoms with E-state index >= 15 is 0 Å². The molecule has 4 nitrogen and oxygen atoms in total. The number of thioether (sulfide) groups is 1. The summed E-state index contributed by atoms with van der Waals surface area (Å²) in [5.41, 5.74) is 0.684. The Labute approximate surface area is 123 Å². The van der Waals surface area contributed by atoms with Crippen molar-refractivity contribution in [2.45, 2.75) is 32.9 Å². The van der Waals surface area contributed by atoms with E-state index in [2.05, 4.69) is 29.1 Å². The predicted octanol–water partition coefficient (Wildman–Crippen LogP) is 2.54. The first-order valence-corrected chi connectivity index (χ1v) is 8.15. The van der Waals surface area contributed by atoms with E-state index in [4.69, 9.17) is 0 Å². The van der Waals surface area contributed by atoms with Crippen molar-refractivity contribution in [3.63, 3.8) is 0 Å². The van der Waals surface area contributed by atoms with Gasteiger partial charge >= 0.3 is 0 Å². The molecule has 1 aromatic heterocycles. The third-order valence-corrected chi connectivity index (χ3v) is 4.11. The fourth-order valence-corrected chi connectivity index (χ4v) is 2.80. The summed E-state index contributed by atoms with van der Waals surface area (Å²) in [6, 6.07) is 7.84. The summed E-state index contributed by atoms with van der Waals surface area (Å²) in [7, 11) is 0. The second kappa shape index (κ2) is 7.45. The highest BCUT2D eigenvalue weighted by atomic mass is 32.2. The molecule has 1 unspecified atom stereocenters. The molecular weight excluding hydrogens is 270 g/mol. The second-order valence-electron chi connectivity index (χ2n) is 4.80. The molecule has 2 N–H and O–H groups in total. The Balaban J connectivity index is 1.98. The zero-order valence-corrected chi connectivity index (χ0v) is 12.8. The Kier molecular flexibility index (Phi) is 5.61. The fraction of sp³-hybridized carbons (Fsp3) is 0.467. The maximum Gasteiger partial charge on any atom is 0.258 e. The number of fused-ring (bicyclic) bond motifs is 1. The molecule has 1 heterocycles. The van der Waals surface area contributed by atoms with Crippen molar-refractivity contribution < 1.29 is 0 Å². The van der Waals surface area contributed by atoms with Crippen molar-refractivity contribution in [3.05, 3.63) is 40.4 Å². The zero-order chi connectivity index (χ0) is 14.4. The van der Waals surface area contributed by atoms with Crippen LogP contribution >= 0.6 is 11.8 Å². The van der Waals surface area contributed by atoms with Crippen molar-refractivity contribution in [2.75, 3.05) is 11.5 Å². The molecule has 2 aromatic rings. The van der Waals surface area contributed by atoms with Crippen LogP contribution in [0.2, 0.25) is 0 Å². The average Bonchev–Trinajstić information content (AvgIpc) is 2.45. The highest BCUT2D eigenvalue weighted by molar-refractivity contribution is 7.99. The van der Waals surface area contributed by atoms with Crippen LogP contribution in [0, 0.1) is 0 Å². The van der Waals surface area contributed by atoms with Crippen LogP contribution in [0.4, 0.5) is 0 Å². The standard InChI is InChI=1S/C15H21N3OS/c1-3-20-9-8-11(2)16-10-14-17-13-7-5-4-6-12(13)15(19)18-14/h4-7,11,16H,3,8-10H2,1-2H3,(H,17,18,19). The molecule has 2 rings (SSSR count). The first-order chi connectivity index (χ1) is 9.70. The van der Waals surface area contributed by atoms with Gasteiger partial charge < -0.3 is 10.3 Å². The number of rotatable bonds is 7. The third kappa shape index (κ3) is 4.08. The number of aromatic amines is 1. The minimum Gasteiger partial charge on any atom is -0.309 e. The summed E-state index contributed by atoms with van der Waals surface area (Å²) in [5.74, 6) is 3.02. The van der Waals surface area contributed by atoms with Crippen LogP contribution in [-0.2, 0) is 6.54 Å². The topological polar surface area (TPSA) is 57.8 Å². The lowest BCUT2D eigenvalue weighted by Gasteiger charge is -2.13. The quantitative estimate of drug-likeness (QED) is 0.770. The number of nitrogens with one attached hydrogen (secondary N) is 2. The molecule has 1 atom stereocenters. The number of nitrogens with zero attached hydrogens (tertiary/aromatic N) is 1. The lowest BCUT2D eigenvalue weighted by atomic mass is 10.2. The molecule has 0 saturated heterocycles. The molecule has 0 amide bonds. The molecule has 0 fully saturated rings.